The third kappa shape index (κ3) is 5.84. The van der Waals surface area contributed by atoms with E-state index in [0.717, 1.165) is 12.7 Å². The Hall–Kier alpha value is -0.830. The van der Waals surface area contributed by atoms with Crippen molar-refractivity contribution in [3.63, 3.8) is 0 Å². The highest BCUT2D eigenvalue weighted by molar-refractivity contribution is 14.1. The Labute approximate surface area is 191 Å². The number of amides is 1. The lowest BCUT2D eigenvalue weighted by Gasteiger charge is -2.16. The molecule has 0 saturated carbocycles. The second-order valence-electron chi connectivity index (χ2n) is 5.40. The number of hydrogen-bond donors (Lipinski definition) is 3. The zero-order valence-electron chi connectivity index (χ0n) is 13.4. The first kappa shape index (κ1) is 21.5. The smallest absolute Gasteiger partial charge is 0.326 e. The number of rotatable bonds is 6. The lowest BCUT2D eigenvalue weighted by molar-refractivity contribution is -0.141. The minimum atomic E-state index is -1.08. The molecule has 0 aromatic heterocycles. The van der Waals surface area contributed by atoms with Gasteiger partial charge < -0.3 is 20.3 Å². The molecule has 26 heavy (non-hydrogen) atoms. The summed E-state index contributed by atoms with van der Waals surface area (Å²) in [5.41, 5.74) is 0.785. The van der Waals surface area contributed by atoms with Crippen molar-refractivity contribution in [1.29, 1.82) is 0 Å². The van der Waals surface area contributed by atoms with Crippen LogP contribution in [0, 0.1) is 10.7 Å². The Bertz CT molecular complexity index is 833. The van der Waals surface area contributed by atoms with Crippen molar-refractivity contribution < 1.29 is 24.5 Å². The van der Waals surface area contributed by atoms with Crippen LogP contribution in [-0.2, 0) is 16.0 Å². The van der Waals surface area contributed by atoms with Crippen LogP contribution in [0.15, 0.2) is 30.3 Å². The van der Waals surface area contributed by atoms with Crippen LogP contribution >= 0.6 is 67.8 Å². The van der Waals surface area contributed by atoms with Gasteiger partial charge in [0.15, 0.2) is 5.75 Å². The summed E-state index contributed by atoms with van der Waals surface area (Å²) in [6, 6.07) is 7.66. The van der Waals surface area contributed by atoms with Crippen LogP contribution in [0.4, 0.5) is 0 Å². The molecule has 0 aliphatic rings. The van der Waals surface area contributed by atoms with E-state index in [1.54, 1.807) is 18.2 Å². The molecule has 0 heterocycles. The molecule has 1 unspecified atom stereocenters. The maximum atomic E-state index is 11.3. The maximum Gasteiger partial charge on any atom is 0.326 e. The van der Waals surface area contributed by atoms with E-state index in [2.05, 4.69) is 50.5 Å². The molecule has 0 aliphatic heterocycles. The summed E-state index contributed by atoms with van der Waals surface area (Å²) in [7, 11) is 0. The average Bonchev–Trinajstić information content (AvgIpc) is 2.53. The highest BCUT2D eigenvalue weighted by Crippen LogP contribution is 2.35. The first-order valence-corrected chi connectivity index (χ1v) is 10.5. The van der Waals surface area contributed by atoms with Crippen LogP contribution in [0.5, 0.6) is 17.2 Å². The summed E-state index contributed by atoms with van der Waals surface area (Å²) < 4.78 is 8.25. The Morgan fingerprint density at radius 1 is 1.12 bits per heavy atom. The molecule has 2 aromatic carbocycles. The Balaban J connectivity index is 2.25. The maximum absolute atomic E-state index is 11.3. The zero-order valence-corrected chi connectivity index (χ0v) is 19.9. The molecule has 0 radical (unpaired) electrons. The van der Waals surface area contributed by atoms with E-state index in [1.165, 1.54) is 6.92 Å². The predicted octanol–water partition coefficient (Wildman–Crippen LogP) is 4.13. The minimum absolute atomic E-state index is 0.179. The molecule has 0 spiro atoms. The van der Waals surface area contributed by atoms with Crippen LogP contribution in [0.25, 0.3) is 0 Å². The van der Waals surface area contributed by atoms with Gasteiger partial charge in [-0.1, -0.05) is 0 Å². The summed E-state index contributed by atoms with van der Waals surface area (Å²) in [5.74, 6) is -0.0245. The zero-order chi connectivity index (χ0) is 19.4. The highest BCUT2D eigenvalue weighted by atomic mass is 127. The number of hydrogen-bond acceptors (Lipinski definition) is 4. The van der Waals surface area contributed by atoms with Gasteiger partial charge in [-0.2, -0.15) is 0 Å². The first-order chi connectivity index (χ1) is 12.2. The molecule has 9 heteroatoms. The van der Waals surface area contributed by atoms with E-state index < -0.39 is 12.0 Å². The summed E-state index contributed by atoms with van der Waals surface area (Å²) in [5, 5.41) is 21.3. The first-order valence-electron chi connectivity index (χ1n) is 7.31. The molecule has 0 fully saturated rings. The van der Waals surface area contributed by atoms with Crippen LogP contribution in [0.2, 0.25) is 0 Å². The van der Waals surface area contributed by atoms with Crippen molar-refractivity contribution in [2.24, 2.45) is 0 Å². The molecule has 0 saturated heterocycles. The fourth-order valence-electron chi connectivity index (χ4n) is 2.18. The number of phenolic OH excluding ortho intramolecular Hbond substituents is 1. The number of aliphatic carboxylic acids is 1. The van der Waals surface area contributed by atoms with Crippen molar-refractivity contribution in [2.75, 3.05) is 0 Å². The van der Waals surface area contributed by atoms with Gasteiger partial charge in [0, 0.05) is 13.3 Å². The van der Waals surface area contributed by atoms with Gasteiger partial charge in [-0.3, -0.25) is 4.79 Å². The number of ether oxygens (including phenoxy) is 1. The highest BCUT2D eigenvalue weighted by Gasteiger charge is 2.20. The van der Waals surface area contributed by atoms with Crippen molar-refractivity contribution in [3.05, 3.63) is 46.6 Å². The predicted molar refractivity (Wildman–Crippen MR) is 122 cm³/mol. The molecule has 2 aromatic rings. The molecule has 2 rings (SSSR count). The van der Waals surface area contributed by atoms with Gasteiger partial charge in [0.05, 0.1) is 10.7 Å². The van der Waals surface area contributed by atoms with E-state index >= 15 is 0 Å². The molecular formula is C17H14I3NO5. The van der Waals surface area contributed by atoms with E-state index in [1.807, 2.05) is 34.7 Å². The number of phenols is 1. The number of benzene rings is 2. The summed E-state index contributed by atoms with van der Waals surface area (Å²) in [6.07, 6.45) is 0.179. The van der Waals surface area contributed by atoms with Crippen LogP contribution in [-0.4, -0.2) is 28.1 Å². The van der Waals surface area contributed by atoms with E-state index in [-0.39, 0.29) is 18.1 Å². The lowest BCUT2D eigenvalue weighted by Crippen LogP contribution is -2.41. The Morgan fingerprint density at radius 3 is 2.23 bits per heavy atom. The third-order valence-corrected chi connectivity index (χ3v) is 5.78. The van der Waals surface area contributed by atoms with Gasteiger partial charge in [0.25, 0.3) is 0 Å². The van der Waals surface area contributed by atoms with Gasteiger partial charge in [-0.25, -0.2) is 4.79 Å². The summed E-state index contributed by atoms with van der Waals surface area (Å²) >= 11 is 6.28. The van der Waals surface area contributed by atoms with Crippen molar-refractivity contribution in [3.8, 4) is 17.2 Å². The lowest BCUT2D eigenvalue weighted by atomic mass is 10.1. The van der Waals surface area contributed by atoms with E-state index in [9.17, 15) is 19.8 Å². The second-order valence-corrected chi connectivity index (χ2v) is 8.89. The fourth-order valence-corrected chi connectivity index (χ4v) is 4.78. The van der Waals surface area contributed by atoms with Crippen LogP contribution < -0.4 is 10.1 Å². The average molecular weight is 693 g/mol. The van der Waals surface area contributed by atoms with Crippen molar-refractivity contribution in [1.82, 2.24) is 5.32 Å². The molecule has 0 bridgehead atoms. The quantitative estimate of drug-likeness (QED) is 0.396. The van der Waals surface area contributed by atoms with E-state index in [0.29, 0.717) is 15.1 Å². The standard InChI is InChI=1S/C17H14I3NO5/c1-8(22)21-14(17(24)25)6-9-4-12(19)16(13(20)5-9)26-10-2-3-15(23)11(18)7-10/h2-5,7,14,23H,6H2,1H3,(H,21,22)(H,24,25). The Kier molecular flexibility index (Phi) is 7.76. The molecular weight excluding hydrogens is 679 g/mol. The molecule has 6 nitrogen and oxygen atoms in total. The number of carboxylic acid groups (broad SMARTS) is 1. The summed E-state index contributed by atoms with van der Waals surface area (Å²) in [4.78, 5) is 22.5. The topological polar surface area (TPSA) is 95.9 Å². The van der Waals surface area contributed by atoms with Crippen molar-refractivity contribution in [2.45, 2.75) is 19.4 Å². The third-order valence-electron chi connectivity index (χ3n) is 3.31. The van der Waals surface area contributed by atoms with Gasteiger partial charge >= 0.3 is 5.97 Å². The van der Waals surface area contributed by atoms with E-state index in [4.69, 9.17) is 4.74 Å². The van der Waals surface area contributed by atoms with Gasteiger partial charge in [0.2, 0.25) is 5.91 Å². The van der Waals surface area contributed by atoms with Gasteiger partial charge in [-0.15, -0.1) is 0 Å². The number of halogens is 3. The Morgan fingerprint density at radius 2 is 1.73 bits per heavy atom. The van der Waals surface area contributed by atoms with Crippen LogP contribution in [0.3, 0.4) is 0 Å². The normalized spacial score (nSPS) is 11.7. The van der Waals surface area contributed by atoms with Gasteiger partial charge in [0.1, 0.15) is 17.5 Å². The second kappa shape index (κ2) is 9.39. The number of carboxylic acids is 1. The number of carbonyl (C=O) groups is 2. The number of aromatic hydroxyl groups is 1. The molecule has 138 valence electrons. The minimum Gasteiger partial charge on any atom is -0.507 e. The SMILES string of the molecule is CC(=O)NC(Cc1cc(I)c(Oc2ccc(O)c(I)c2)c(I)c1)C(=O)O. The number of nitrogens with one attached hydrogen (secondary N) is 1. The molecule has 3 N–H and O–H groups in total. The monoisotopic (exact) mass is 693 g/mol. The summed E-state index contributed by atoms with van der Waals surface area (Å²) in [6.45, 7) is 1.29. The fraction of sp³-hybridized carbons (Fsp3) is 0.176. The van der Waals surface area contributed by atoms with Gasteiger partial charge in [-0.05, 0) is 104 Å². The van der Waals surface area contributed by atoms with Crippen molar-refractivity contribution >= 4 is 79.6 Å². The largest absolute Gasteiger partial charge is 0.507 e. The molecule has 0 aliphatic carbocycles. The molecule has 1 atom stereocenters. The number of carbonyl (C=O) groups excluding carboxylic acids is 1. The molecule has 1 amide bonds. The van der Waals surface area contributed by atoms with Crippen LogP contribution in [0.1, 0.15) is 12.5 Å².